The molecule has 0 radical (unpaired) electrons. The van der Waals surface area contributed by atoms with E-state index >= 15 is 0 Å². The van der Waals surface area contributed by atoms with Crippen molar-refractivity contribution in [1.82, 2.24) is 0 Å². The highest BCUT2D eigenvalue weighted by Crippen LogP contribution is 2.41. The minimum absolute atomic E-state index is 0.0347. The first-order valence-corrected chi connectivity index (χ1v) is 12.7. The average molecular weight is 421 g/mol. The van der Waals surface area contributed by atoms with E-state index in [9.17, 15) is 8.78 Å². The summed E-state index contributed by atoms with van der Waals surface area (Å²) < 4.78 is 33.9. The summed E-state index contributed by atoms with van der Waals surface area (Å²) in [6.07, 6.45) is 18.4. The molecule has 1 nitrogen and oxygen atoms in total. The Morgan fingerprint density at radius 2 is 1.30 bits per heavy atom. The van der Waals surface area contributed by atoms with Gasteiger partial charge in [0.1, 0.15) is 0 Å². The molecule has 0 aromatic heterocycles. The third-order valence-electron chi connectivity index (χ3n) is 7.83. The van der Waals surface area contributed by atoms with Gasteiger partial charge in [0, 0.05) is 0 Å². The molecular formula is C27H42F2O. The van der Waals surface area contributed by atoms with Gasteiger partial charge in [-0.2, -0.15) is 4.39 Å². The van der Waals surface area contributed by atoms with E-state index in [1.54, 1.807) is 19.1 Å². The van der Waals surface area contributed by atoms with Crippen molar-refractivity contribution in [3.05, 3.63) is 29.3 Å². The molecule has 2 fully saturated rings. The molecule has 2 aliphatic rings. The number of rotatable bonds is 10. The second-order valence-electron chi connectivity index (χ2n) is 9.89. The molecule has 3 rings (SSSR count). The summed E-state index contributed by atoms with van der Waals surface area (Å²) in [5, 5.41) is 0. The lowest BCUT2D eigenvalue weighted by atomic mass is 9.74. The molecule has 2 saturated carbocycles. The van der Waals surface area contributed by atoms with Crippen LogP contribution in [0.25, 0.3) is 0 Å². The molecule has 0 unspecified atom stereocenters. The van der Waals surface area contributed by atoms with Crippen LogP contribution in [-0.2, 0) is 0 Å². The monoisotopic (exact) mass is 420 g/mol. The zero-order valence-corrected chi connectivity index (χ0v) is 19.2. The summed E-state index contributed by atoms with van der Waals surface area (Å²) in [6.45, 7) is 4.42. The molecule has 0 spiro atoms. The van der Waals surface area contributed by atoms with Crippen LogP contribution >= 0.6 is 0 Å². The molecule has 0 bridgehead atoms. The molecule has 0 saturated heterocycles. The van der Waals surface area contributed by atoms with Gasteiger partial charge in [-0.25, -0.2) is 4.39 Å². The molecule has 1 aromatic carbocycles. The maximum absolute atomic E-state index is 14.5. The first-order valence-electron chi connectivity index (χ1n) is 12.7. The number of ether oxygens (including phenoxy) is 1. The quantitative estimate of drug-likeness (QED) is 0.344. The number of benzene rings is 1. The van der Waals surface area contributed by atoms with Crippen molar-refractivity contribution in [2.45, 2.75) is 110 Å². The molecular weight excluding hydrogens is 378 g/mol. The lowest BCUT2D eigenvalue weighted by Crippen LogP contribution is -2.18. The minimum atomic E-state index is -0.818. The second kappa shape index (κ2) is 12.1. The van der Waals surface area contributed by atoms with E-state index in [-0.39, 0.29) is 11.7 Å². The Bertz CT molecular complexity index is 628. The Labute approximate surface area is 183 Å². The molecule has 30 heavy (non-hydrogen) atoms. The number of halogens is 2. The third-order valence-corrected chi connectivity index (χ3v) is 7.83. The van der Waals surface area contributed by atoms with Crippen LogP contribution in [0.4, 0.5) is 8.78 Å². The second-order valence-corrected chi connectivity index (χ2v) is 9.89. The fraction of sp³-hybridized carbons (Fsp3) is 0.778. The lowest BCUT2D eigenvalue weighted by molar-refractivity contribution is 0.221. The van der Waals surface area contributed by atoms with Gasteiger partial charge in [-0.1, -0.05) is 77.2 Å². The highest BCUT2D eigenvalue weighted by atomic mass is 19.2. The first-order chi connectivity index (χ1) is 14.6. The van der Waals surface area contributed by atoms with Crippen molar-refractivity contribution in [3.8, 4) is 5.75 Å². The molecule has 0 amide bonds. The van der Waals surface area contributed by atoms with Crippen LogP contribution < -0.4 is 4.74 Å². The molecule has 0 N–H and O–H groups in total. The van der Waals surface area contributed by atoms with Gasteiger partial charge in [0.2, 0.25) is 5.82 Å². The van der Waals surface area contributed by atoms with E-state index < -0.39 is 11.6 Å². The van der Waals surface area contributed by atoms with E-state index in [2.05, 4.69) is 6.92 Å². The standard InChI is InChI=1S/C27H42F2O/c1-3-5-6-7-20-8-10-21(11-9-20)12-13-22-14-16-23(17-15-22)24-18-19-25(30-4-2)27(29)26(24)28/h18-23H,3-17H2,1-2H3. The summed E-state index contributed by atoms with van der Waals surface area (Å²) in [5.74, 6) is 1.38. The topological polar surface area (TPSA) is 9.23 Å². The van der Waals surface area contributed by atoms with Crippen LogP contribution in [-0.4, -0.2) is 6.61 Å². The Hall–Kier alpha value is -1.12. The number of unbranched alkanes of at least 4 members (excludes halogenated alkanes) is 2. The van der Waals surface area contributed by atoms with Gasteiger partial charge in [-0.15, -0.1) is 0 Å². The number of hydrogen-bond donors (Lipinski definition) is 0. The van der Waals surface area contributed by atoms with E-state index in [1.165, 1.54) is 64.2 Å². The van der Waals surface area contributed by atoms with Crippen molar-refractivity contribution in [1.29, 1.82) is 0 Å². The van der Waals surface area contributed by atoms with Crippen LogP contribution in [0.5, 0.6) is 5.75 Å². The molecule has 1 aromatic rings. The van der Waals surface area contributed by atoms with Gasteiger partial charge < -0.3 is 4.74 Å². The van der Waals surface area contributed by atoms with Crippen molar-refractivity contribution >= 4 is 0 Å². The van der Waals surface area contributed by atoms with Gasteiger partial charge in [-0.05, 0) is 67.9 Å². The zero-order chi connectivity index (χ0) is 21.3. The Kier molecular flexibility index (Phi) is 9.46. The predicted octanol–water partition coefficient (Wildman–Crippen LogP) is 8.80. The minimum Gasteiger partial charge on any atom is -0.491 e. The molecule has 0 heterocycles. The molecule has 3 heteroatoms. The van der Waals surface area contributed by atoms with E-state index in [1.807, 2.05) is 0 Å². The molecule has 170 valence electrons. The van der Waals surface area contributed by atoms with Crippen molar-refractivity contribution in [2.24, 2.45) is 17.8 Å². The maximum atomic E-state index is 14.5. The van der Waals surface area contributed by atoms with Crippen LogP contribution in [0.15, 0.2) is 12.1 Å². The van der Waals surface area contributed by atoms with Crippen molar-refractivity contribution in [2.75, 3.05) is 6.61 Å². The van der Waals surface area contributed by atoms with Gasteiger partial charge in [0.25, 0.3) is 0 Å². The average Bonchev–Trinajstić information content (AvgIpc) is 2.77. The highest BCUT2D eigenvalue weighted by Gasteiger charge is 2.28. The zero-order valence-electron chi connectivity index (χ0n) is 19.2. The van der Waals surface area contributed by atoms with E-state index in [4.69, 9.17) is 4.74 Å². The van der Waals surface area contributed by atoms with Crippen molar-refractivity contribution < 1.29 is 13.5 Å². The lowest BCUT2D eigenvalue weighted by Gasteiger charge is -2.32. The van der Waals surface area contributed by atoms with Crippen LogP contribution in [0.3, 0.4) is 0 Å². The smallest absolute Gasteiger partial charge is 0.200 e. The maximum Gasteiger partial charge on any atom is 0.200 e. The van der Waals surface area contributed by atoms with Crippen LogP contribution in [0.1, 0.15) is 115 Å². The Balaban J connectivity index is 1.38. The van der Waals surface area contributed by atoms with E-state index in [0.717, 1.165) is 43.4 Å². The summed E-state index contributed by atoms with van der Waals surface area (Å²) in [7, 11) is 0. The largest absolute Gasteiger partial charge is 0.491 e. The molecule has 0 aliphatic heterocycles. The van der Waals surface area contributed by atoms with Crippen LogP contribution in [0, 0.1) is 29.4 Å². The molecule has 2 aliphatic carbocycles. The molecule has 0 atom stereocenters. The summed E-state index contributed by atoms with van der Waals surface area (Å²) in [5.41, 5.74) is 0.552. The number of hydrogen-bond acceptors (Lipinski definition) is 1. The van der Waals surface area contributed by atoms with Gasteiger partial charge >= 0.3 is 0 Å². The van der Waals surface area contributed by atoms with E-state index in [0.29, 0.717) is 12.2 Å². The fourth-order valence-electron chi connectivity index (χ4n) is 5.85. The van der Waals surface area contributed by atoms with Gasteiger partial charge in [0.15, 0.2) is 11.6 Å². The SMILES string of the molecule is CCCCCC1CCC(CCC2CCC(c3ccc(OCC)c(F)c3F)CC2)CC1. The van der Waals surface area contributed by atoms with Gasteiger partial charge in [-0.3, -0.25) is 0 Å². The normalized spacial score (nSPS) is 27.2. The summed E-state index contributed by atoms with van der Waals surface area (Å²) >= 11 is 0. The highest BCUT2D eigenvalue weighted by molar-refractivity contribution is 5.33. The van der Waals surface area contributed by atoms with Crippen LogP contribution in [0.2, 0.25) is 0 Å². The summed E-state index contributed by atoms with van der Waals surface area (Å²) in [4.78, 5) is 0. The van der Waals surface area contributed by atoms with Gasteiger partial charge in [0.05, 0.1) is 6.61 Å². The fourth-order valence-corrected chi connectivity index (χ4v) is 5.85. The van der Waals surface area contributed by atoms with Crippen molar-refractivity contribution in [3.63, 3.8) is 0 Å². The third kappa shape index (κ3) is 6.44. The first kappa shape index (κ1) is 23.5. The Morgan fingerprint density at radius 3 is 1.87 bits per heavy atom. The Morgan fingerprint density at radius 1 is 0.733 bits per heavy atom. The summed E-state index contributed by atoms with van der Waals surface area (Å²) in [6, 6.07) is 3.34. The predicted molar refractivity (Wildman–Crippen MR) is 121 cm³/mol.